The lowest BCUT2D eigenvalue weighted by atomic mass is 9.88. The molecule has 128 valence electrons. The average molecular weight is 324 g/mol. The monoisotopic (exact) mass is 324 g/mol. The highest BCUT2D eigenvalue weighted by atomic mass is 15.2. The van der Waals surface area contributed by atoms with Crippen LogP contribution in [0.4, 0.5) is 11.5 Å². The summed E-state index contributed by atoms with van der Waals surface area (Å²) in [6, 6.07) is 14.8. The van der Waals surface area contributed by atoms with Crippen molar-refractivity contribution in [2.24, 2.45) is 0 Å². The largest absolute Gasteiger partial charge is 0.378 e. The lowest BCUT2D eigenvalue weighted by molar-refractivity contribution is 0.262. The van der Waals surface area contributed by atoms with Gasteiger partial charge < -0.3 is 10.2 Å². The number of rotatable bonds is 6. The lowest BCUT2D eigenvalue weighted by Crippen LogP contribution is -2.53. The number of aromatic nitrogens is 1. The van der Waals surface area contributed by atoms with Crippen LogP contribution in [0.15, 0.2) is 48.7 Å². The number of pyridine rings is 1. The van der Waals surface area contributed by atoms with Crippen molar-refractivity contribution in [3.8, 4) is 0 Å². The van der Waals surface area contributed by atoms with E-state index in [1.165, 1.54) is 30.5 Å². The summed E-state index contributed by atoms with van der Waals surface area (Å²) in [7, 11) is 4.12. The second-order valence-electron chi connectivity index (χ2n) is 6.90. The third-order valence-corrected chi connectivity index (χ3v) is 4.81. The Morgan fingerprint density at radius 3 is 2.50 bits per heavy atom. The van der Waals surface area contributed by atoms with Crippen LogP contribution in [0.5, 0.6) is 0 Å². The van der Waals surface area contributed by atoms with E-state index in [1.54, 1.807) is 0 Å². The van der Waals surface area contributed by atoms with Crippen molar-refractivity contribution in [2.45, 2.75) is 44.3 Å². The average Bonchev–Trinajstić information content (AvgIpc) is 2.62. The Morgan fingerprint density at radius 1 is 1.04 bits per heavy atom. The predicted molar refractivity (Wildman–Crippen MR) is 101 cm³/mol. The second-order valence-corrected chi connectivity index (χ2v) is 6.90. The minimum absolute atomic E-state index is 0.0635. The predicted octanol–water partition coefficient (Wildman–Crippen LogP) is 4.01. The van der Waals surface area contributed by atoms with Gasteiger partial charge in [-0.25, -0.2) is 4.98 Å². The molecule has 0 atom stereocenters. The summed E-state index contributed by atoms with van der Waals surface area (Å²) in [5.41, 5.74) is 2.42. The highest BCUT2D eigenvalue weighted by Gasteiger charge is 2.31. The van der Waals surface area contributed by atoms with Gasteiger partial charge in [0.25, 0.3) is 0 Å². The van der Waals surface area contributed by atoms with Crippen molar-refractivity contribution in [3.63, 3.8) is 0 Å². The highest BCUT2D eigenvalue weighted by molar-refractivity contribution is 5.53. The summed E-state index contributed by atoms with van der Waals surface area (Å²) in [4.78, 5) is 6.65. The van der Waals surface area contributed by atoms with Crippen LogP contribution in [0.2, 0.25) is 0 Å². The van der Waals surface area contributed by atoms with Gasteiger partial charge in [0.2, 0.25) is 0 Å². The first-order valence-electron chi connectivity index (χ1n) is 8.87. The van der Waals surface area contributed by atoms with E-state index in [9.17, 15) is 0 Å². The molecule has 0 radical (unpaired) electrons. The fourth-order valence-electron chi connectivity index (χ4n) is 3.38. The van der Waals surface area contributed by atoms with E-state index in [2.05, 4.69) is 71.0 Å². The molecule has 1 aromatic heterocycles. The Hall–Kier alpha value is -2.07. The van der Waals surface area contributed by atoms with Crippen LogP contribution in [0.1, 0.15) is 37.7 Å². The molecule has 1 fully saturated rings. The zero-order chi connectivity index (χ0) is 16.8. The van der Waals surface area contributed by atoms with Crippen LogP contribution in [0.25, 0.3) is 0 Å². The van der Waals surface area contributed by atoms with Crippen molar-refractivity contribution >= 4 is 11.5 Å². The smallest absolute Gasteiger partial charge is 0.129 e. The zero-order valence-electron chi connectivity index (χ0n) is 14.8. The number of nitrogens with one attached hydrogen (secondary N) is 2. The third-order valence-electron chi connectivity index (χ3n) is 4.81. The van der Waals surface area contributed by atoms with Gasteiger partial charge in [-0.15, -0.1) is 0 Å². The van der Waals surface area contributed by atoms with Gasteiger partial charge >= 0.3 is 0 Å². The molecule has 2 N–H and O–H groups in total. The SMILES string of the molecule is CN(C)c1ccnc(NC2(NCc3ccccc3)CCCCC2)c1. The molecule has 1 aliphatic rings. The third kappa shape index (κ3) is 4.26. The molecule has 1 aromatic carbocycles. The van der Waals surface area contributed by atoms with Crippen molar-refractivity contribution in [1.29, 1.82) is 0 Å². The van der Waals surface area contributed by atoms with E-state index in [4.69, 9.17) is 0 Å². The van der Waals surface area contributed by atoms with Crippen LogP contribution in [-0.4, -0.2) is 24.7 Å². The van der Waals surface area contributed by atoms with Gasteiger partial charge in [-0.05, 0) is 37.3 Å². The fraction of sp³-hybridized carbons (Fsp3) is 0.450. The molecule has 1 aliphatic carbocycles. The first-order chi connectivity index (χ1) is 11.7. The molecule has 1 heterocycles. The molecule has 0 aliphatic heterocycles. The molecule has 0 unspecified atom stereocenters. The molecule has 3 rings (SSSR count). The summed E-state index contributed by atoms with van der Waals surface area (Å²) >= 11 is 0. The molecule has 0 spiro atoms. The summed E-state index contributed by atoms with van der Waals surface area (Å²) < 4.78 is 0. The molecule has 0 amide bonds. The Kier molecular flexibility index (Phi) is 5.36. The second kappa shape index (κ2) is 7.67. The Bertz CT molecular complexity index is 633. The maximum Gasteiger partial charge on any atom is 0.129 e. The maximum absolute atomic E-state index is 4.54. The van der Waals surface area contributed by atoms with Crippen LogP contribution in [0, 0.1) is 0 Å². The normalized spacial score (nSPS) is 16.6. The summed E-state index contributed by atoms with van der Waals surface area (Å²) in [5.74, 6) is 0.948. The summed E-state index contributed by atoms with van der Waals surface area (Å²) in [5, 5.41) is 7.49. The summed E-state index contributed by atoms with van der Waals surface area (Å²) in [6.07, 6.45) is 7.97. The molecule has 24 heavy (non-hydrogen) atoms. The molecule has 2 aromatic rings. The van der Waals surface area contributed by atoms with Crippen LogP contribution >= 0.6 is 0 Å². The van der Waals surface area contributed by atoms with Crippen molar-refractivity contribution in [2.75, 3.05) is 24.3 Å². The first-order valence-corrected chi connectivity index (χ1v) is 8.87. The van der Waals surface area contributed by atoms with E-state index in [0.717, 1.165) is 25.2 Å². The Morgan fingerprint density at radius 2 is 1.79 bits per heavy atom. The Balaban J connectivity index is 1.74. The van der Waals surface area contributed by atoms with Crippen LogP contribution in [0.3, 0.4) is 0 Å². The van der Waals surface area contributed by atoms with E-state index in [-0.39, 0.29) is 5.66 Å². The molecular formula is C20H28N4. The first kappa shape index (κ1) is 16.8. The van der Waals surface area contributed by atoms with Crippen LogP contribution in [-0.2, 0) is 6.54 Å². The van der Waals surface area contributed by atoms with Gasteiger partial charge in [0, 0.05) is 38.6 Å². The van der Waals surface area contributed by atoms with Crippen molar-refractivity contribution in [1.82, 2.24) is 10.3 Å². The topological polar surface area (TPSA) is 40.2 Å². The number of nitrogens with zero attached hydrogens (tertiary/aromatic N) is 2. The summed E-state index contributed by atoms with van der Waals surface area (Å²) in [6.45, 7) is 0.876. The van der Waals surface area contributed by atoms with Gasteiger partial charge in [-0.3, -0.25) is 5.32 Å². The number of benzene rings is 1. The Labute approximate surface area is 145 Å². The number of hydrogen-bond acceptors (Lipinski definition) is 4. The van der Waals surface area contributed by atoms with Gasteiger partial charge in [-0.1, -0.05) is 36.8 Å². The van der Waals surface area contributed by atoms with E-state index in [1.807, 2.05) is 12.3 Å². The van der Waals surface area contributed by atoms with E-state index >= 15 is 0 Å². The van der Waals surface area contributed by atoms with Gasteiger partial charge in [0.1, 0.15) is 5.82 Å². The maximum atomic E-state index is 4.54. The zero-order valence-corrected chi connectivity index (χ0v) is 14.8. The van der Waals surface area contributed by atoms with Gasteiger partial charge in [-0.2, -0.15) is 0 Å². The lowest BCUT2D eigenvalue weighted by Gasteiger charge is -2.39. The fourth-order valence-corrected chi connectivity index (χ4v) is 3.38. The molecule has 4 heteroatoms. The minimum atomic E-state index is -0.0635. The molecular weight excluding hydrogens is 296 g/mol. The molecule has 4 nitrogen and oxygen atoms in total. The quantitative estimate of drug-likeness (QED) is 0.788. The minimum Gasteiger partial charge on any atom is -0.378 e. The van der Waals surface area contributed by atoms with E-state index in [0.29, 0.717) is 0 Å². The number of anilines is 2. The van der Waals surface area contributed by atoms with Gasteiger partial charge in [0.05, 0.1) is 5.66 Å². The standard InChI is InChI=1S/C20H28N4/c1-24(2)18-11-14-21-19(15-18)23-20(12-7-4-8-13-20)22-16-17-9-5-3-6-10-17/h3,5-6,9-11,14-15,22H,4,7-8,12-13,16H2,1-2H3,(H,21,23). The molecule has 1 saturated carbocycles. The van der Waals surface area contributed by atoms with Crippen molar-refractivity contribution < 1.29 is 0 Å². The molecule has 0 bridgehead atoms. The number of hydrogen-bond donors (Lipinski definition) is 2. The van der Waals surface area contributed by atoms with Gasteiger partial charge in [0.15, 0.2) is 0 Å². The van der Waals surface area contributed by atoms with E-state index < -0.39 is 0 Å². The van der Waals surface area contributed by atoms with Crippen molar-refractivity contribution in [3.05, 3.63) is 54.2 Å². The van der Waals surface area contributed by atoms with Crippen LogP contribution < -0.4 is 15.5 Å². The highest BCUT2D eigenvalue weighted by Crippen LogP contribution is 2.30. The molecule has 0 saturated heterocycles.